The van der Waals surface area contributed by atoms with Crippen LogP contribution >= 0.6 is 27.5 Å². The molecule has 1 aromatic heterocycles. The van der Waals surface area contributed by atoms with Gasteiger partial charge in [-0.25, -0.2) is 18.4 Å². The van der Waals surface area contributed by atoms with Crippen LogP contribution in [-0.2, 0) is 10.7 Å². The van der Waals surface area contributed by atoms with Gasteiger partial charge in [-0.3, -0.25) is 0 Å². The molecule has 1 heterocycles. The summed E-state index contributed by atoms with van der Waals surface area (Å²) in [5, 5.41) is -0.868. The number of aromatic nitrogens is 2. The van der Waals surface area contributed by atoms with Crippen LogP contribution in [0.4, 0.5) is 5.82 Å². The van der Waals surface area contributed by atoms with E-state index < -0.39 is 16.0 Å². The molecular formula is C11H9BrClN3O2S. The number of benzene rings is 1. The van der Waals surface area contributed by atoms with Gasteiger partial charge in [0.25, 0.3) is 0 Å². The van der Waals surface area contributed by atoms with Crippen LogP contribution in [0.5, 0.6) is 0 Å². The summed E-state index contributed by atoms with van der Waals surface area (Å²) in [5.41, 5.74) is 6.11. The molecule has 1 unspecified atom stereocenters. The Morgan fingerprint density at radius 1 is 1.26 bits per heavy atom. The Bertz CT molecular complexity index is 665. The molecule has 0 saturated heterocycles. The topological polar surface area (TPSA) is 85.9 Å². The maximum absolute atomic E-state index is 11.5. The molecule has 0 radical (unpaired) electrons. The number of nitrogen functional groups attached to an aromatic ring is 1. The van der Waals surface area contributed by atoms with Crippen LogP contribution in [0.3, 0.4) is 0 Å². The number of nitrogens with zero attached hydrogens (tertiary/aromatic N) is 2. The molecule has 0 fully saturated rings. The van der Waals surface area contributed by atoms with Gasteiger partial charge in [0, 0.05) is 10.5 Å². The maximum Gasteiger partial charge on any atom is 0.154 e. The average molecular weight is 363 g/mol. The Labute approximate surface area is 124 Å². The fourth-order valence-corrected chi connectivity index (χ4v) is 2.94. The van der Waals surface area contributed by atoms with Gasteiger partial charge in [0.15, 0.2) is 16.5 Å². The molecule has 5 nitrogen and oxygen atoms in total. The predicted molar refractivity (Wildman–Crippen MR) is 77.8 cm³/mol. The molecule has 0 aliphatic carbocycles. The van der Waals surface area contributed by atoms with Gasteiger partial charge < -0.3 is 5.73 Å². The van der Waals surface area contributed by atoms with Gasteiger partial charge in [0.2, 0.25) is 0 Å². The highest BCUT2D eigenvalue weighted by atomic mass is 79.9. The van der Waals surface area contributed by atoms with Crippen molar-refractivity contribution in [2.75, 3.05) is 5.73 Å². The van der Waals surface area contributed by atoms with Gasteiger partial charge in [0.05, 0.1) is 0 Å². The molecular weight excluding hydrogens is 354 g/mol. The van der Waals surface area contributed by atoms with E-state index in [0.717, 1.165) is 4.47 Å². The van der Waals surface area contributed by atoms with Crippen molar-refractivity contribution in [2.45, 2.75) is 5.25 Å². The summed E-state index contributed by atoms with van der Waals surface area (Å²) in [6.45, 7) is 0. The summed E-state index contributed by atoms with van der Waals surface area (Å²) in [6.07, 6.45) is 0. The Hall–Kier alpha value is -1.18. The van der Waals surface area contributed by atoms with Gasteiger partial charge in [0.1, 0.15) is 16.2 Å². The van der Waals surface area contributed by atoms with E-state index in [1.807, 2.05) is 0 Å². The summed E-state index contributed by atoms with van der Waals surface area (Å²) < 4.78 is 23.7. The lowest BCUT2D eigenvalue weighted by Crippen LogP contribution is -2.09. The normalized spacial score (nSPS) is 12.6. The second-order valence-corrected chi connectivity index (χ2v) is 6.11. The molecule has 2 rings (SSSR count). The second kappa shape index (κ2) is 5.85. The van der Waals surface area contributed by atoms with E-state index in [9.17, 15) is 8.42 Å². The van der Waals surface area contributed by atoms with Crippen LogP contribution in [0.1, 0.15) is 16.6 Å². The Balaban J connectivity index is 2.58. The molecule has 0 bridgehead atoms. The second-order valence-electron chi connectivity index (χ2n) is 3.72. The largest absolute Gasteiger partial charge is 0.384 e. The zero-order chi connectivity index (χ0) is 14.0. The van der Waals surface area contributed by atoms with Crippen LogP contribution in [0.15, 0.2) is 34.8 Å². The molecule has 1 atom stereocenters. The molecule has 19 heavy (non-hydrogen) atoms. The van der Waals surface area contributed by atoms with E-state index >= 15 is 0 Å². The number of thiol groups is 1. The van der Waals surface area contributed by atoms with E-state index in [4.69, 9.17) is 17.3 Å². The van der Waals surface area contributed by atoms with Crippen molar-refractivity contribution < 1.29 is 8.42 Å². The van der Waals surface area contributed by atoms with Gasteiger partial charge in [-0.15, -0.1) is 0 Å². The molecule has 2 aromatic rings. The lowest BCUT2D eigenvalue weighted by atomic mass is 10.1. The molecule has 0 aliphatic rings. The highest BCUT2D eigenvalue weighted by Crippen LogP contribution is 2.26. The first-order valence-electron chi connectivity index (χ1n) is 5.16. The van der Waals surface area contributed by atoms with Crippen molar-refractivity contribution in [1.82, 2.24) is 9.97 Å². The number of hydrogen-bond acceptors (Lipinski definition) is 5. The highest BCUT2D eigenvalue weighted by Gasteiger charge is 2.21. The van der Waals surface area contributed by atoms with Crippen molar-refractivity contribution >= 4 is 44.1 Å². The molecule has 1 aromatic carbocycles. The minimum Gasteiger partial charge on any atom is -0.384 e. The Morgan fingerprint density at radius 3 is 2.58 bits per heavy atom. The monoisotopic (exact) mass is 361 g/mol. The first-order chi connectivity index (χ1) is 8.97. The van der Waals surface area contributed by atoms with E-state index in [1.54, 1.807) is 24.3 Å². The van der Waals surface area contributed by atoms with E-state index in [0.29, 0.717) is 5.56 Å². The first kappa shape index (κ1) is 14.2. The smallest absolute Gasteiger partial charge is 0.154 e. The molecule has 2 N–H and O–H groups in total. The van der Waals surface area contributed by atoms with Crippen molar-refractivity contribution in [3.63, 3.8) is 0 Å². The minimum atomic E-state index is -2.81. The summed E-state index contributed by atoms with van der Waals surface area (Å²) in [6, 6.07) is 8.27. The summed E-state index contributed by atoms with van der Waals surface area (Å²) in [5.74, 6) is 0.200. The summed E-state index contributed by atoms with van der Waals surface area (Å²) in [7, 11) is -2.81. The fraction of sp³-hybridized carbons (Fsp3) is 0.0909. The van der Waals surface area contributed by atoms with Crippen LogP contribution in [0.25, 0.3) is 0 Å². The molecule has 0 amide bonds. The standard InChI is InChI=1S/C11H9BrClN3O2S/c12-7-3-1-2-6(4-7)10(19(17)18)11-15-8(13)5-9(14)16-11/h1-5,10,19H,(H2,14,15,16). The summed E-state index contributed by atoms with van der Waals surface area (Å²) in [4.78, 5) is 7.88. The van der Waals surface area contributed by atoms with Crippen molar-refractivity contribution in [2.24, 2.45) is 0 Å². The third-order valence-corrected chi connectivity index (χ3v) is 3.99. The quantitative estimate of drug-likeness (QED) is 0.645. The van der Waals surface area contributed by atoms with Crippen LogP contribution in [0.2, 0.25) is 5.15 Å². The minimum absolute atomic E-state index is 0.0687. The zero-order valence-corrected chi connectivity index (χ0v) is 12.7. The van der Waals surface area contributed by atoms with Gasteiger partial charge in [-0.2, -0.15) is 0 Å². The van der Waals surface area contributed by atoms with Gasteiger partial charge >= 0.3 is 0 Å². The Morgan fingerprint density at radius 2 is 2.00 bits per heavy atom. The molecule has 100 valence electrons. The summed E-state index contributed by atoms with van der Waals surface area (Å²) >= 11 is 9.07. The number of halogens is 2. The molecule has 0 aliphatic heterocycles. The molecule has 0 saturated carbocycles. The SMILES string of the molecule is Nc1cc(Cl)nc(C(c2cccc(Br)c2)[SH](=O)=O)n1. The van der Waals surface area contributed by atoms with Gasteiger partial charge in [-0.05, 0) is 17.7 Å². The maximum atomic E-state index is 11.5. The predicted octanol–water partition coefficient (Wildman–Crippen LogP) is 2.18. The molecule has 0 spiro atoms. The van der Waals surface area contributed by atoms with Crippen LogP contribution in [0, 0.1) is 0 Å². The van der Waals surface area contributed by atoms with E-state index in [-0.39, 0.29) is 16.8 Å². The lowest BCUT2D eigenvalue weighted by molar-refractivity contribution is 0.606. The number of anilines is 1. The number of nitrogens with two attached hydrogens (primary N) is 1. The van der Waals surface area contributed by atoms with Crippen LogP contribution < -0.4 is 5.73 Å². The van der Waals surface area contributed by atoms with Crippen molar-refractivity contribution in [1.29, 1.82) is 0 Å². The third-order valence-electron chi connectivity index (χ3n) is 2.35. The van der Waals surface area contributed by atoms with E-state index in [1.165, 1.54) is 6.07 Å². The average Bonchev–Trinajstić information content (AvgIpc) is 2.27. The van der Waals surface area contributed by atoms with Crippen molar-refractivity contribution in [3.8, 4) is 0 Å². The number of rotatable bonds is 3. The lowest BCUT2D eigenvalue weighted by Gasteiger charge is -2.10. The first-order valence-corrected chi connectivity index (χ1v) is 7.58. The third kappa shape index (κ3) is 3.43. The number of hydrogen-bond donors (Lipinski definition) is 2. The fourth-order valence-electron chi connectivity index (χ4n) is 1.62. The molecule has 8 heteroatoms. The van der Waals surface area contributed by atoms with Gasteiger partial charge in [-0.1, -0.05) is 39.7 Å². The highest BCUT2D eigenvalue weighted by molar-refractivity contribution is 9.10. The Kier molecular flexibility index (Phi) is 4.38. The van der Waals surface area contributed by atoms with Crippen LogP contribution in [-0.4, -0.2) is 18.4 Å². The van der Waals surface area contributed by atoms with Crippen molar-refractivity contribution in [3.05, 3.63) is 51.3 Å². The zero-order valence-electron chi connectivity index (χ0n) is 9.46. The van der Waals surface area contributed by atoms with E-state index in [2.05, 4.69) is 25.9 Å².